The molecule has 0 saturated heterocycles. The molecule has 4 aromatic rings. The van der Waals surface area contributed by atoms with Crippen LogP contribution in [0.2, 0.25) is 0 Å². The molecule has 9 heteroatoms. The second-order valence-electron chi connectivity index (χ2n) is 8.84. The molecule has 1 aliphatic rings. The van der Waals surface area contributed by atoms with E-state index in [1.54, 1.807) is 36.4 Å². The molecule has 0 fully saturated rings. The Kier molecular flexibility index (Phi) is 7.40. The summed E-state index contributed by atoms with van der Waals surface area (Å²) in [4.78, 5) is 0. The number of hydrogen-bond acceptors (Lipinski definition) is 0. The first-order valence-electron chi connectivity index (χ1n) is 11.4. The van der Waals surface area contributed by atoms with Crippen LogP contribution in [0.3, 0.4) is 0 Å². The molecule has 0 bridgehead atoms. The van der Waals surface area contributed by atoms with Crippen LogP contribution in [0.25, 0.3) is 33.9 Å². The van der Waals surface area contributed by atoms with Gasteiger partial charge in [0.15, 0.2) is 0 Å². The third-order valence-corrected chi connectivity index (χ3v) is 11.7. The van der Waals surface area contributed by atoms with Crippen LogP contribution < -0.4 is 0 Å². The van der Waals surface area contributed by atoms with Crippen molar-refractivity contribution in [2.75, 3.05) is 0 Å². The monoisotopic (exact) mass is 639 g/mol. The Hall–Kier alpha value is -2.34. The van der Waals surface area contributed by atoms with Gasteiger partial charge in [0.25, 0.3) is 0 Å². The summed E-state index contributed by atoms with van der Waals surface area (Å²) in [5.41, 5.74) is 1.43. The maximum atomic E-state index is 13.8. The first-order valence-corrected chi connectivity index (χ1v) is 19.2. The van der Waals surface area contributed by atoms with E-state index in [-0.39, 0.29) is 20.8 Å². The van der Waals surface area contributed by atoms with Gasteiger partial charge in [-0.05, 0) is 0 Å². The van der Waals surface area contributed by atoms with Gasteiger partial charge in [-0.1, -0.05) is 0 Å². The van der Waals surface area contributed by atoms with Gasteiger partial charge < -0.3 is 0 Å². The zero-order valence-corrected chi connectivity index (χ0v) is 23.3. The number of allylic oxidation sites excluding steroid dienone is 1. The van der Waals surface area contributed by atoms with E-state index in [0.717, 1.165) is 23.3 Å². The van der Waals surface area contributed by atoms with Crippen LogP contribution in [0.1, 0.15) is 31.4 Å². The Morgan fingerprint density at radius 3 is 1.63 bits per heavy atom. The minimum absolute atomic E-state index is 0.145. The van der Waals surface area contributed by atoms with Gasteiger partial charge >= 0.3 is 231 Å². The molecule has 5 rings (SSSR count). The van der Waals surface area contributed by atoms with Crippen LogP contribution in [0.15, 0.2) is 91.0 Å². The molecular formula is C29H17Cl2F6Zr. The SMILES string of the molecule is FC(F)(F)c1cc(-c2c(-c3ccccc3)ccc3c2C=C(c2ccccc2)[CH]3[Zr]([Cl])[Cl])cc(C(F)(F)F)c1. The summed E-state index contributed by atoms with van der Waals surface area (Å²) in [7, 11) is 13.2. The van der Waals surface area contributed by atoms with Crippen molar-refractivity contribution in [2.45, 2.75) is 16.0 Å². The van der Waals surface area contributed by atoms with Crippen molar-refractivity contribution in [3.63, 3.8) is 0 Å². The third kappa shape index (κ3) is 5.26. The number of alkyl halides is 6. The molecule has 1 atom stereocenters. The van der Waals surface area contributed by atoms with Gasteiger partial charge in [-0.15, -0.1) is 0 Å². The number of benzene rings is 4. The molecule has 4 aromatic carbocycles. The number of rotatable bonds is 4. The molecule has 38 heavy (non-hydrogen) atoms. The van der Waals surface area contributed by atoms with Crippen molar-refractivity contribution in [1.29, 1.82) is 0 Å². The Morgan fingerprint density at radius 2 is 1.13 bits per heavy atom. The normalized spacial score (nSPS) is 15.3. The zero-order chi connectivity index (χ0) is 27.2. The minimum atomic E-state index is -4.97. The van der Waals surface area contributed by atoms with E-state index in [4.69, 9.17) is 17.0 Å². The summed E-state index contributed by atoms with van der Waals surface area (Å²) >= 11 is -3.09. The molecule has 0 aromatic heterocycles. The van der Waals surface area contributed by atoms with Crippen LogP contribution in [0.5, 0.6) is 0 Å². The predicted molar refractivity (Wildman–Crippen MR) is 136 cm³/mol. The van der Waals surface area contributed by atoms with Crippen molar-refractivity contribution >= 4 is 28.7 Å². The predicted octanol–water partition coefficient (Wildman–Crippen LogP) is 10.6. The zero-order valence-electron chi connectivity index (χ0n) is 19.3. The number of fused-ring (bicyclic) bond motifs is 1. The van der Waals surface area contributed by atoms with E-state index in [1.807, 2.05) is 42.5 Å². The Balaban J connectivity index is 1.87. The average molecular weight is 642 g/mol. The second kappa shape index (κ2) is 10.3. The van der Waals surface area contributed by atoms with Gasteiger partial charge in [0.1, 0.15) is 0 Å². The van der Waals surface area contributed by atoms with Gasteiger partial charge in [-0.2, -0.15) is 0 Å². The van der Waals surface area contributed by atoms with Crippen molar-refractivity contribution < 1.29 is 45.7 Å². The van der Waals surface area contributed by atoms with Crippen molar-refractivity contribution in [3.05, 3.63) is 119 Å². The molecule has 1 unspecified atom stereocenters. The fourth-order valence-corrected chi connectivity index (χ4v) is 10.0. The van der Waals surface area contributed by atoms with Gasteiger partial charge in [-0.3, -0.25) is 0 Å². The van der Waals surface area contributed by atoms with Gasteiger partial charge in [-0.25, -0.2) is 0 Å². The van der Waals surface area contributed by atoms with Crippen LogP contribution in [-0.2, 0) is 31.7 Å². The third-order valence-electron chi connectivity index (χ3n) is 6.49. The second-order valence-corrected chi connectivity index (χ2v) is 17.6. The standard InChI is InChI=1S/C29H17F6.2ClH.Zr/c30-28(31,32)23-14-22(15-24(17-23)29(33,34)35)27-25(19-9-5-2-6-10-19)12-11-20-13-21(16-26(20)27)18-7-3-1-4-8-18;;;/h1-17H;2*1H;/q;;;+2/p-2. The molecular weight excluding hydrogens is 624 g/mol. The summed E-state index contributed by atoms with van der Waals surface area (Å²) in [5, 5.41) is 0. The Morgan fingerprint density at radius 1 is 0.605 bits per heavy atom. The van der Waals surface area contributed by atoms with Gasteiger partial charge in [0.05, 0.1) is 0 Å². The van der Waals surface area contributed by atoms with Crippen molar-refractivity contribution in [2.24, 2.45) is 0 Å². The van der Waals surface area contributed by atoms with Crippen LogP contribution in [0.4, 0.5) is 26.3 Å². The fraction of sp³-hybridized carbons (Fsp3) is 0.103. The molecule has 1 aliphatic carbocycles. The summed E-state index contributed by atoms with van der Waals surface area (Å²) in [6, 6.07) is 23.4. The molecule has 0 aliphatic heterocycles. The Labute approximate surface area is 230 Å². The van der Waals surface area contributed by atoms with E-state index in [1.165, 1.54) is 0 Å². The van der Waals surface area contributed by atoms with Gasteiger partial charge in [0, 0.05) is 0 Å². The first kappa shape index (κ1) is 27.2. The van der Waals surface area contributed by atoms with Crippen molar-refractivity contribution in [3.8, 4) is 22.3 Å². The molecule has 0 amide bonds. The van der Waals surface area contributed by atoms with Crippen LogP contribution in [0, 0.1) is 0 Å². The van der Waals surface area contributed by atoms with Gasteiger partial charge in [0.2, 0.25) is 0 Å². The van der Waals surface area contributed by atoms with Crippen LogP contribution >= 0.6 is 17.0 Å². The number of halogens is 8. The maximum absolute atomic E-state index is 13.8. The summed E-state index contributed by atoms with van der Waals surface area (Å²) in [6.07, 6.45) is -8.13. The quantitative estimate of drug-likeness (QED) is 0.195. The first-order chi connectivity index (χ1) is 17.9. The molecule has 0 saturated carbocycles. The van der Waals surface area contributed by atoms with Crippen molar-refractivity contribution in [1.82, 2.24) is 0 Å². The Bertz CT molecular complexity index is 1480. The summed E-state index contributed by atoms with van der Waals surface area (Å²) in [5.74, 6) is 0. The molecule has 0 spiro atoms. The van der Waals surface area contributed by atoms with E-state index < -0.39 is 42.8 Å². The molecule has 0 nitrogen and oxygen atoms in total. The molecule has 0 N–H and O–H groups in total. The molecule has 193 valence electrons. The summed E-state index contributed by atoms with van der Waals surface area (Å²) < 4.78 is 82.4. The molecule has 0 heterocycles. The summed E-state index contributed by atoms with van der Waals surface area (Å²) in [6.45, 7) is 0. The topological polar surface area (TPSA) is 0 Å². The molecule has 0 radical (unpaired) electrons. The van der Waals surface area contributed by atoms with E-state index in [0.29, 0.717) is 22.3 Å². The average Bonchev–Trinajstić information content (AvgIpc) is 3.28. The number of hydrogen-bond donors (Lipinski definition) is 0. The van der Waals surface area contributed by atoms with E-state index in [2.05, 4.69) is 0 Å². The fourth-order valence-electron chi connectivity index (χ4n) is 4.83. The van der Waals surface area contributed by atoms with E-state index >= 15 is 0 Å². The van der Waals surface area contributed by atoms with Crippen LogP contribution in [-0.4, -0.2) is 0 Å². The van der Waals surface area contributed by atoms with E-state index in [9.17, 15) is 26.3 Å².